The van der Waals surface area contributed by atoms with Gasteiger partial charge in [-0.15, -0.1) is 0 Å². The van der Waals surface area contributed by atoms with Gasteiger partial charge in [0.15, 0.2) is 0 Å². The van der Waals surface area contributed by atoms with Crippen LogP contribution in [0.1, 0.15) is 13.3 Å². The highest BCUT2D eigenvalue weighted by atomic mass is 32.2. The molecule has 0 aliphatic heterocycles. The minimum Gasteiger partial charge on any atom is -0.488 e. The van der Waals surface area contributed by atoms with E-state index in [-0.39, 0.29) is 17.1 Å². The molecule has 0 aromatic heterocycles. The van der Waals surface area contributed by atoms with Gasteiger partial charge < -0.3 is 4.74 Å². The second-order valence-electron chi connectivity index (χ2n) is 4.06. The summed E-state index contributed by atoms with van der Waals surface area (Å²) >= 11 is 0. The van der Waals surface area contributed by atoms with Crippen LogP contribution >= 0.6 is 0 Å². The Morgan fingerprint density at radius 2 is 1.95 bits per heavy atom. The lowest BCUT2D eigenvalue weighted by molar-refractivity contribution is 0.0819. The van der Waals surface area contributed by atoms with Gasteiger partial charge in [0.25, 0.3) is 6.43 Å². The number of benzene rings is 1. The Kier molecular flexibility index (Phi) is 5.85. The maximum atomic E-state index is 11.9. The Bertz CT molecular complexity index is 567. The van der Waals surface area contributed by atoms with E-state index < -0.39 is 29.1 Å². The lowest BCUT2D eigenvalue weighted by Gasteiger charge is -2.11. The van der Waals surface area contributed by atoms with Gasteiger partial charge in [0, 0.05) is 6.04 Å². The highest BCUT2D eigenvalue weighted by Gasteiger charge is 2.17. The average Bonchev–Trinajstić information content (AvgIpc) is 2.36. The van der Waals surface area contributed by atoms with E-state index in [0.29, 0.717) is 0 Å². The first-order valence-electron chi connectivity index (χ1n) is 5.75. The van der Waals surface area contributed by atoms with Crippen molar-refractivity contribution in [3.05, 3.63) is 24.3 Å². The molecule has 0 aliphatic carbocycles. The molecule has 0 saturated carbocycles. The zero-order valence-electron chi connectivity index (χ0n) is 10.7. The van der Waals surface area contributed by atoms with E-state index in [1.54, 1.807) is 6.92 Å². The first-order valence-corrected chi connectivity index (χ1v) is 7.24. The molecule has 1 atom stereocenters. The van der Waals surface area contributed by atoms with Crippen LogP contribution in [0.5, 0.6) is 5.75 Å². The lowest BCUT2D eigenvalue weighted by Crippen LogP contribution is -2.32. The van der Waals surface area contributed by atoms with Crippen molar-refractivity contribution in [2.45, 2.75) is 30.7 Å². The van der Waals surface area contributed by atoms with Crippen LogP contribution in [0.15, 0.2) is 29.2 Å². The highest BCUT2D eigenvalue weighted by molar-refractivity contribution is 7.89. The second-order valence-corrected chi connectivity index (χ2v) is 5.77. The molecule has 1 aromatic carbocycles. The summed E-state index contributed by atoms with van der Waals surface area (Å²) < 4.78 is 54.8. The van der Waals surface area contributed by atoms with Gasteiger partial charge in [-0.2, -0.15) is 5.26 Å². The number of sulfonamides is 1. The van der Waals surface area contributed by atoms with Crippen molar-refractivity contribution in [2.24, 2.45) is 0 Å². The van der Waals surface area contributed by atoms with Gasteiger partial charge >= 0.3 is 0 Å². The van der Waals surface area contributed by atoms with Crippen molar-refractivity contribution in [1.29, 1.82) is 5.26 Å². The summed E-state index contributed by atoms with van der Waals surface area (Å²) in [4.78, 5) is -0.0216. The Morgan fingerprint density at radius 3 is 2.45 bits per heavy atom. The van der Waals surface area contributed by atoms with Crippen molar-refractivity contribution in [1.82, 2.24) is 4.72 Å². The molecular formula is C12H14F2N2O3S. The number of nitrogens with one attached hydrogen (secondary N) is 1. The van der Waals surface area contributed by atoms with Crippen LogP contribution in [0.3, 0.4) is 0 Å². The minimum atomic E-state index is -3.73. The van der Waals surface area contributed by atoms with Crippen LogP contribution in [-0.4, -0.2) is 27.5 Å². The van der Waals surface area contributed by atoms with E-state index in [0.717, 1.165) is 0 Å². The van der Waals surface area contributed by atoms with Crippen LogP contribution in [0, 0.1) is 11.3 Å². The van der Waals surface area contributed by atoms with Crippen molar-refractivity contribution >= 4 is 10.0 Å². The summed E-state index contributed by atoms with van der Waals surface area (Å²) in [6.07, 6.45) is -2.54. The fraction of sp³-hybridized carbons (Fsp3) is 0.417. The number of alkyl halides is 2. The number of hydrogen-bond donors (Lipinski definition) is 1. The number of rotatable bonds is 7. The standard InChI is InChI=1S/C12H14F2N2O3S/c1-9(6-7-15)16-20(17,18)11-4-2-10(3-5-11)19-8-12(13)14/h2-5,9,12,16H,6,8H2,1H3. The third-order valence-corrected chi connectivity index (χ3v) is 3.87. The molecule has 0 bridgehead atoms. The number of nitrogens with zero attached hydrogens (tertiary/aromatic N) is 1. The van der Waals surface area contributed by atoms with Crippen molar-refractivity contribution < 1.29 is 21.9 Å². The smallest absolute Gasteiger partial charge is 0.272 e. The number of nitriles is 1. The molecule has 0 spiro atoms. The van der Waals surface area contributed by atoms with E-state index in [4.69, 9.17) is 10.00 Å². The molecule has 8 heteroatoms. The Hall–Kier alpha value is -1.72. The number of halogens is 2. The zero-order chi connectivity index (χ0) is 15.2. The molecular weight excluding hydrogens is 290 g/mol. The first kappa shape index (κ1) is 16.3. The monoisotopic (exact) mass is 304 g/mol. The molecule has 1 N–H and O–H groups in total. The summed E-state index contributed by atoms with van der Waals surface area (Å²) in [5, 5.41) is 8.48. The molecule has 1 aromatic rings. The van der Waals surface area contributed by atoms with Gasteiger partial charge in [0.2, 0.25) is 10.0 Å². The Morgan fingerprint density at radius 1 is 1.35 bits per heavy atom. The normalized spacial score (nSPS) is 12.9. The van der Waals surface area contributed by atoms with Crippen molar-refractivity contribution in [3.8, 4) is 11.8 Å². The molecule has 1 rings (SSSR count). The van der Waals surface area contributed by atoms with E-state index in [1.807, 2.05) is 6.07 Å². The molecule has 0 radical (unpaired) electrons. The van der Waals surface area contributed by atoms with Gasteiger partial charge in [-0.1, -0.05) is 0 Å². The van der Waals surface area contributed by atoms with Gasteiger partial charge in [-0.05, 0) is 31.2 Å². The molecule has 0 aliphatic rings. The van der Waals surface area contributed by atoms with Crippen LogP contribution in [0.4, 0.5) is 8.78 Å². The highest BCUT2D eigenvalue weighted by Crippen LogP contribution is 2.17. The van der Waals surface area contributed by atoms with Gasteiger partial charge in [0.1, 0.15) is 12.4 Å². The maximum Gasteiger partial charge on any atom is 0.272 e. The fourth-order valence-corrected chi connectivity index (χ4v) is 2.63. The molecule has 5 nitrogen and oxygen atoms in total. The largest absolute Gasteiger partial charge is 0.488 e. The van der Waals surface area contributed by atoms with Crippen molar-refractivity contribution in [2.75, 3.05) is 6.61 Å². The van der Waals surface area contributed by atoms with Crippen molar-refractivity contribution in [3.63, 3.8) is 0 Å². The van der Waals surface area contributed by atoms with Crippen LogP contribution in [-0.2, 0) is 10.0 Å². The molecule has 0 fully saturated rings. The zero-order valence-corrected chi connectivity index (χ0v) is 11.5. The van der Waals surface area contributed by atoms with E-state index >= 15 is 0 Å². The fourth-order valence-electron chi connectivity index (χ4n) is 1.39. The third-order valence-electron chi connectivity index (χ3n) is 2.26. The molecule has 110 valence electrons. The topological polar surface area (TPSA) is 79.2 Å². The van der Waals surface area contributed by atoms with Gasteiger partial charge in [-0.25, -0.2) is 21.9 Å². The predicted molar refractivity (Wildman–Crippen MR) is 68.0 cm³/mol. The van der Waals surface area contributed by atoms with E-state index in [9.17, 15) is 17.2 Å². The SMILES string of the molecule is CC(CC#N)NS(=O)(=O)c1ccc(OCC(F)F)cc1. The summed E-state index contributed by atoms with van der Waals surface area (Å²) in [5.74, 6) is 0.161. The van der Waals surface area contributed by atoms with Crippen LogP contribution in [0.25, 0.3) is 0 Å². The molecule has 0 amide bonds. The second kappa shape index (κ2) is 7.17. The molecule has 0 saturated heterocycles. The van der Waals surface area contributed by atoms with Crippen LogP contribution in [0.2, 0.25) is 0 Å². The number of ether oxygens (including phenoxy) is 1. The first-order chi connectivity index (χ1) is 9.35. The summed E-state index contributed by atoms with van der Waals surface area (Å²) in [5.41, 5.74) is 0. The summed E-state index contributed by atoms with van der Waals surface area (Å²) in [6.45, 7) is 0.824. The predicted octanol–water partition coefficient (Wildman–Crippen LogP) is 1.91. The quantitative estimate of drug-likeness (QED) is 0.834. The molecule has 1 unspecified atom stereocenters. The average molecular weight is 304 g/mol. The maximum absolute atomic E-state index is 11.9. The minimum absolute atomic E-state index is 0.0216. The summed E-state index contributed by atoms with van der Waals surface area (Å²) in [7, 11) is -3.73. The lowest BCUT2D eigenvalue weighted by atomic mass is 10.3. The molecule has 20 heavy (non-hydrogen) atoms. The summed E-state index contributed by atoms with van der Waals surface area (Å²) in [6, 6.07) is 6.45. The van der Waals surface area contributed by atoms with Gasteiger partial charge in [0.05, 0.1) is 17.4 Å². The van der Waals surface area contributed by atoms with Gasteiger partial charge in [-0.3, -0.25) is 0 Å². The van der Waals surface area contributed by atoms with E-state index in [1.165, 1.54) is 24.3 Å². The van der Waals surface area contributed by atoms with E-state index in [2.05, 4.69) is 4.72 Å². The number of hydrogen-bond acceptors (Lipinski definition) is 4. The Labute approximate surface area is 116 Å². The molecule has 0 heterocycles. The third kappa shape index (κ3) is 5.11. The van der Waals surface area contributed by atoms with Crippen LogP contribution < -0.4 is 9.46 Å². The Balaban J connectivity index is 2.74.